The number of H-pyrrole nitrogens is 1. The Labute approximate surface area is 152 Å². The number of aromatic amines is 1. The zero-order valence-electron chi connectivity index (χ0n) is 13.0. The Morgan fingerprint density at radius 2 is 2.04 bits per heavy atom. The monoisotopic (exact) mass is 373 g/mol. The molecule has 1 heterocycles. The van der Waals surface area contributed by atoms with E-state index in [4.69, 9.17) is 23.8 Å². The Morgan fingerprint density at radius 1 is 1.32 bits per heavy atom. The highest BCUT2D eigenvalue weighted by Crippen LogP contribution is 2.21. The molecular weight excluding hydrogens is 362 g/mol. The van der Waals surface area contributed by atoms with Gasteiger partial charge in [-0.1, -0.05) is 41.4 Å². The van der Waals surface area contributed by atoms with E-state index < -0.39 is 4.92 Å². The van der Waals surface area contributed by atoms with Crippen molar-refractivity contribution in [2.24, 2.45) is 5.10 Å². The maximum atomic E-state index is 10.9. The summed E-state index contributed by atoms with van der Waals surface area (Å²) in [5.41, 5.74) is 2.30. The minimum Gasteiger partial charge on any atom is -0.258 e. The van der Waals surface area contributed by atoms with Crippen molar-refractivity contribution in [2.45, 2.75) is 6.92 Å². The van der Waals surface area contributed by atoms with Crippen LogP contribution in [0.15, 0.2) is 47.6 Å². The maximum absolute atomic E-state index is 10.9. The molecule has 0 amide bonds. The minimum absolute atomic E-state index is 0.0691. The molecule has 7 nitrogen and oxygen atoms in total. The van der Waals surface area contributed by atoms with Crippen LogP contribution in [0.2, 0.25) is 5.02 Å². The van der Waals surface area contributed by atoms with Crippen LogP contribution >= 0.6 is 23.8 Å². The quantitative estimate of drug-likeness (QED) is 0.318. The standard InChI is InChI=1S/C16H12ClN5O2S/c1-10-2-4-11(5-3-10)15-19-20-16(25)21(15)18-9-12-8-13(22(23)24)6-7-14(12)17/h2-9H,1H3,(H,20,25). The van der Waals surface area contributed by atoms with Gasteiger partial charge in [-0.15, -0.1) is 0 Å². The van der Waals surface area contributed by atoms with E-state index in [9.17, 15) is 10.1 Å². The summed E-state index contributed by atoms with van der Waals surface area (Å²) in [5, 5.41) is 22.4. The molecule has 3 aromatic rings. The van der Waals surface area contributed by atoms with E-state index in [-0.39, 0.29) is 5.69 Å². The van der Waals surface area contributed by atoms with Crippen LogP contribution in [0.5, 0.6) is 0 Å². The lowest BCUT2D eigenvalue weighted by Crippen LogP contribution is -1.96. The normalized spacial score (nSPS) is 11.1. The van der Waals surface area contributed by atoms with E-state index in [1.54, 1.807) is 0 Å². The number of hydrogen-bond donors (Lipinski definition) is 1. The highest BCUT2D eigenvalue weighted by Gasteiger charge is 2.10. The third kappa shape index (κ3) is 3.65. The molecular formula is C16H12ClN5O2S. The third-order valence-electron chi connectivity index (χ3n) is 3.46. The van der Waals surface area contributed by atoms with Gasteiger partial charge < -0.3 is 0 Å². The summed E-state index contributed by atoms with van der Waals surface area (Å²) >= 11 is 11.3. The van der Waals surface area contributed by atoms with E-state index in [0.29, 0.717) is 21.2 Å². The molecule has 0 bridgehead atoms. The number of aryl methyl sites for hydroxylation is 1. The molecule has 1 N–H and O–H groups in total. The van der Waals surface area contributed by atoms with Crippen LogP contribution in [-0.2, 0) is 0 Å². The first-order valence-electron chi connectivity index (χ1n) is 7.18. The summed E-state index contributed by atoms with van der Waals surface area (Å²) < 4.78 is 1.74. The van der Waals surface area contributed by atoms with Gasteiger partial charge in [-0.2, -0.15) is 14.9 Å². The predicted molar refractivity (Wildman–Crippen MR) is 98.7 cm³/mol. The molecule has 0 saturated carbocycles. The summed E-state index contributed by atoms with van der Waals surface area (Å²) in [5.74, 6) is 0.530. The smallest absolute Gasteiger partial charge is 0.258 e. The molecule has 0 atom stereocenters. The van der Waals surface area contributed by atoms with Crippen molar-refractivity contribution < 1.29 is 4.92 Å². The van der Waals surface area contributed by atoms with Gasteiger partial charge in [0, 0.05) is 28.3 Å². The topological polar surface area (TPSA) is 89.1 Å². The van der Waals surface area contributed by atoms with Gasteiger partial charge in [0.15, 0.2) is 5.82 Å². The van der Waals surface area contributed by atoms with Crippen LogP contribution < -0.4 is 0 Å². The molecule has 1 aromatic heterocycles. The number of nitro groups is 1. The van der Waals surface area contributed by atoms with Gasteiger partial charge in [-0.3, -0.25) is 10.1 Å². The SMILES string of the molecule is Cc1ccc(-c2n[nH]c(=S)n2N=Cc2cc([N+](=O)[O-])ccc2Cl)cc1. The third-order valence-corrected chi connectivity index (χ3v) is 4.07. The number of hydrogen-bond acceptors (Lipinski definition) is 5. The van der Waals surface area contributed by atoms with E-state index in [1.165, 1.54) is 29.1 Å². The molecule has 0 aliphatic heterocycles. The lowest BCUT2D eigenvalue weighted by molar-refractivity contribution is -0.384. The highest BCUT2D eigenvalue weighted by molar-refractivity contribution is 7.71. The molecule has 0 aliphatic rings. The van der Waals surface area contributed by atoms with E-state index in [1.807, 2.05) is 31.2 Å². The molecule has 0 radical (unpaired) electrons. The molecule has 0 aliphatic carbocycles. The number of benzene rings is 2. The van der Waals surface area contributed by atoms with Crippen molar-refractivity contribution in [3.63, 3.8) is 0 Å². The number of halogens is 1. The van der Waals surface area contributed by atoms with Gasteiger partial charge in [0.05, 0.1) is 11.1 Å². The molecule has 0 saturated heterocycles. The van der Waals surface area contributed by atoms with E-state index >= 15 is 0 Å². The van der Waals surface area contributed by atoms with Crippen molar-refractivity contribution in [1.29, 1.82) is 0 Å². The van der Waals surface area contributed by atoms with E-state index in [0.717, 1.165) is 11.1 Å². The Morgan fingerprint density at radius 3 is 2.72 bits per heavy atom. The largest absolute Gasteiger partial charge is 0.270 e. The highest BCUT2D eigenvalue weighted by atomic mass is 35.5. The first-order chi connectivity index (χ1) is 12.0. The average molecular weight is 374 g/mol. The Balaban J connectivity index is 2.02. The zero-order valence-corrected chi connectivity index (χ0v) is 14.6. The summed E-state index contributed by atoms with van der Waals surface area (Å²) in [7, 11) is 0. The Kier molecular flexibility index (Phi) is 4.73. The van der Waals surface area contributed by atoms with Gasteiger partial charge in [-0.25, -0.2) is 5.10 Å². The fourth-order valence-corrected chi connectivity index (χ4v) is 2.50. The van der Waals surface area contributed by atoms with Crippen LogP contribution in [0, 0.1) is 21.8 Å². The number of nitro benzene ring substituents is 1. The molecule has 0 unspecified atom stereocenters. The second-order valence-corrected chi connectivity index (χ2v) is 6.03. The molecule has 3 rings (SSSR count). The first kappa shape index (κ1) is 17.0. The summed E-state index contributed by atoms with van der Waals surface area (Å²) in [6.07, 6.45) is 1.42. The van der Waals surface area contributed by atoms with Crippen molar-refractivity contribution in [1.82, 2.24) is 14.9 Å². The fraction of sp³-hybridized carbons (Fsp3) is 0.0625. The lowest BCUT2D eigenvalue weighted by atomic mass is 10.1. The lowest BCUT2D eigenvalue weighted by Gasteiger charge is -2.02. The van der Waals surface area contributed by atoms with Gasteiger partial charge >= 0.3 is 0 Å². The van der Waals surface area contributed by atoms with Crippen molar-refractivity contribution in [3.8, 4) is 11.4 Å². The summed E-state index contributed by atoms with van der Waals surface area (Å²) in [6.45, 7) is 1.99. The van der Waals surface area contributed by atoms with Gasteiger partial charge in [0.25, 0.3) is 5.69 Å². The second kappa shape index (κ2) is 6.96. The molecule has 0 spiro atoms. The van der Waals surface area contributed by atoms with Crippen molar-refractivity contribution >= 4 is 35.7 Å². The fourth-order valence-electron chi connectivity index (χ4n) is 2.15. The number of aromatic nitrogens is 3. The van der Waals surface area contributed by atoms with Crippen LogP contribution in [0.25, 0.3) is 11.4 Å². The van der Waals surface area contributed by atoms with Gasteiger partial charge in [0.2, 0.25) is 4.77 Å². The molecule has 126 valence electrons. The van der Waals surface area contributed by atoms with Crippen molar-refractivity contribution in [3.05, 3.63) is 73.5 Å². The van der Waals surface area contributed by atoms with Crippen LogP contribution in [0.3, 0.4) is 0 Å². The Bertz CT molecular complexity index is 1020. The van der Waals surface area contributed by atoms with Gasteiger partial charge in [-0.05, 0) is 25.2 Å². The average Bonchev–Trinajstić information content (AvgIpc) is 2.95. The summed E-state index contributed by atoms with van der Waals surface area (Å²) in [6, 6.07) is 11.9. The number of nitrogens with one attached hydrogen (secondary N) is 1. The van der Waals surface area contributed by atoms with Crippen molar-refractivity contribution in [2.75, 3.05) is 0 Å². The maximum Gasteiger partial charge on any atom is 0.270 e. The Hall–Kier alpha value is -2.84. The zero-order chi connectivity index (χ0) is 18.0. The second-order valence-electron chi connectivity index (χ2n) is 5.24. The number of non-ortho nitro benzene ring substituents is 1. The first-order valence-corrected chi connectivity index (χ1v) is 7.97. The molecule has 2 aromatic carbocycles. The molecule has 9 heteroatoms. The minimum atomic E-state index is -0.491. The number of nitrogens with zero attached hydrogens (tertiary/aromatic N) is 4. The van der Waals surface area contributed by atoms with Crippen LogP contribution in [0.4, 0.5) is 5.69 Å². The summed E-state index contributed by atoms with van der Waals surface area (Å²) in [4.78, 5) is 10.4. The van der Waals surface area contributed by atoms with E-state index in [2.05, 4.69) is 15.3 Å². The van der Waals surface area contributed by atoms with Gasteiger partial charge in [0.1, 0.15) is 0 Å². The van der Waals surface area contributed by atoms with Crippen LogP contribution in [0.1, 0.15) is 11.1 Å². The molecule has 25 heavy (non-hydrogen) atoms. The predicted octanol–water partition coefficient (Wildman–Crippen LogP) is 4.36. The number of rotatable bonds is 4. The molecule has 0 fully saturated rings. The van der Waals surface area contributed by atoms with Crippen LogP contribution in [-0.4, -0.2) is 26.0 Å².